The van der Waals surface area contributed by atoms with Crippen molar-refractivity contribution < 1.29 is 21.6 Å². The maximum Gasteiger partial charge on any atom is 0.402 e. The molecule has 120 valence electrons. The highest BCUT2D eigenvalue weighted by molar-refractivity contribution is 7.89. The van der Waals surface area contributed by atoms with Crippen molar-refractivity contribution in [2.45, 2.75) is 56.3 Å². The van der Waals surface area contributed by atoms with Gasteiger partial charge in [-0.05, 0) is 33.1 Å². The third kappa shape index (κ3) is 3.57. The summed E-state index contributed by atoms with van der Waals surface area (Å²) in [6.07, 6.45) is 0.750. The summed E-state index contributed by atoms with van der Waals surface area (Å²) >= 11 is 0. The second-order valence-corrected chi connectivity index (χ2v) is 7.39. The molecular formula is C12H18F3N3O2S. The predicted octanol–water partition coefficient (Wildman–Crippen LogP) is 2.57. The summed E-state index contributed by atoms with van der Waals surface area (Å²) < 4.78 is 64.5. The Morgan fingerprint density at radius 2 is 2.05 bits per heavy atom. The Hall–Kier alpha value is -1.09. The lowest BCUT2D eigenvalue weighted by Crippen LogP contribution is -2.43. The van der Waals surface area contributed by atoms with E-state index in [4.69, 9.17) is 0 Å². The molecule has 0 atom stereocenters. The SMILES string of the molecule is CC(C)N(CC(F)(F)F)S(=O)(=O)c1cnn(C2CCC2)c1. The number of alkyl halides is 3. The van der Waals surface area contributed by atoms with Crippen LogP contribution in [0.3, 0.4) is 0 Å². The molecule has 0 amide bonds. The first-order valence-corrected chi connectivity index (χ1v) is 8.18. The average molecular weight is 325 g/mol. The quantitative estimate of drug-likeness (QED) is 0.836. The van der Waals surface area contributed by atoms with Crippen molar-refractivity contribution in [3.63, 3.8) is 0 Å². The van der Waals surface area contributed by atoms with Gasteiger partial charge in [0.2, 0.25) is 10.0 Å². The normalized spacial score (nSPS) is 17.5. The van der Waals surface area contributed by atoms with Gasteiger partial charge in [0.25, 0.3) is 0 Å². The summed E-state index contributed by atoms with van der Waals surface area (Å²) in [5, 5.41) is 3.97. The zero-order chi connectivity index (χ0) is 15.8. The lowest BCUT2D eigenvalue weighted by atomic mass is 9.93. The number of aromatic nitrogens is 2. The first kappa shape index (κ1) is 16.3. The lowest BCUT2D eigenvalue weighted by molar-refractivity contribution is -0.138. The molecule has 0 N–H and O–H groups in total. The van der Waals surface area contributed by atoms with Gasteiger partial charge in [-0.1, -0.05) is 0 Å². The second kappa shape index (κ2) is 5.60. The van der Waals surface area contributed by atoms with Crippen LogP contribution in [0.2, 0.25) is 0 Å². The molecule has 21 heavy (non-hydrogen) atoms. The van der Waals surface area contributed by atoms with E-state index in [9.17, 15) is 21.6 Å². The highest BCUT2D eigenvalue weighted by Crippen LogP contribution is 2.32. The number of nitrogens with zero attached hydrogens (tertiary/aromatic N) is 3. The Morgan fingerprint density at radius 1 is 1.43 bits per heavy atom. The number of hydrogen-bond acceptors (Lipinski definition) is 3. The van der Waals surface area contributed by atoms with Gasteiger partial charge < -0.3 is 0 Å². The molecule has 1 fully saturated rings. The van der Waals surface area contributed by atoms with Crippen LogP contribution in [-0.2, 0) is 10.0 Å². The van der Waals surface area contributed by atoms with Gasteiger partial charge >= 0.3 is 6.18 Å². The topological polar surface area (TPSA) is 55.2 Å². The zero-order valence-corrected chi connectivity index (χ0v) is 12.7. The van der Waals surface area contributed by atoms with E-state index < -0.39 is 28.8 Å². The fourth-order valence-corrected chi connectivity index (χ4v) is 3.73. The second-order valence-electron chi connectivity index (χ2n) is 5.50. The van der Waals surface area contributed by atoms with Crippen LogP contribution in [0.4, 0.5) is 13.2 Å². The molecule has 0 saturated heterocycles. The van der Waals surface area contributed by atoms with E-state index in [1.807, 2.05) is 0 Å². The molecule has 0 aliphatic heterocycles. The van der Waals surface area contributed by atoms with E-state index in [-0.39, 0.29) is 10.9 Å². The smallest absolute Gasteiger partial charge is 0.268 e. The summed E-state index contributed by atoms with van der Waals surface area (Å²) in [7, 11) is -4.20. The van der Waals surface area contributed by atoms with Crippen molar-refractivity contribution in [1.29, 1.82) is 0 Å². The van der Waals surface area contributed by atoms with Crippen molar-refractivity contribution in [3.8, 4) is 0 Å². The average Bonchev–Trinajstić information content (AvgIpc) is 2.71. The Kier molecular flexibility index (Phi) is 4.34. The maximum atomic E-state index is 12.6. The molecule has 0 bridgehead atoms. The molecule has 0 spiro atoms. The minimum absolute atomic E-state index is 0.157. The van der Waals surface area contributed by atoms with Crippen LogP contribution in [0.25, 0.3) is 0 Å². The molecule has 0 radical (unpaired) electrons. The van der Waals surface area contributed by atoms with Crippen LogP contribution in [0.1, 0.15) is 39.2 Å². The standard InChI is InChI=1S/C12H18F3N3O2S/c1-9(2)18(8-12(13,14)15)21(19,20)11-6-16-17(7-11)10-4-3-5-10/h6-7,9-10H,3-5,8H2,1-2H3. The third-order valence-electron chi connectivity index (χ3n) is 3.54. The van der Waals surface area contributed by atoms with E-state index in [1.54, 1.807) is 0 Å². The molecule has 1 saturated carbocycles. The van der Waals surface area contributed by atoms with Gasteiger partial charge in [0.05, 0.1) is 12.2 Å². The largest absolute Gasteiger partial charge is 0.402 e. The fourth-order valence-electron chi connectivity index (χ4n) is 2.16. The van der Waals surface area contributed by atoms with Crippen LogP contribution < -0.4 is 0 Å². The summed E-state index contributed by atoms with van der Waals surface area (Å²) in [5.41, 5.74) is 0. The van der Waals surface area contributed by atoms with Crippen LogP contribution in [0.15, 0.2) is 17.3 Å². The Morgan fingerprint density at radius 3 is 2.48 bits per heavy atom. The summed E-state index contributed by atoms with van der Waals surface area (Å²) in [4.78, 5) is -0.188. The number of hydrogen-bond donors (Lipinski definition) is 0. The van der Waals surface area contributed by atoms with Crippen molar-refractivity contribution >= 4 is 10.0 Å². The number of sulfonamides is 1. The van der Waals surface area contributed by atoms with Gasteiger partial charge in [0.15, 0.2) is 0 Å². The molecular weight excluding hydrogens is 307 g/mol. The first-order chi connectivity index (χ1) is 9.61. The molecule has 2 rings (SSSR count). The minimum Gasteiger partial charge on any atom is -0.268 e. The minimum atomic E-state index is -4.58. The Balaban J connectivity index is 2.27. The van der Waals surface area contributed by atoms with Crippen LogP contribution >= 0.6 is 0 Å². The third-order valence-corrected chi connectivity index (χ3v) is 5.52. The van der Waals surface area contributed by atoms with Gasteiger partial charge in [-0.25, -0.2) is 8.42 Å². The summed E-state index contributed by atoms with van der Waals surface area (Å²) in [6.45, 7) is 1.33. The van der Waals surface area contributed by atoms with E-state index in [1.165, 1.54) is 24.7 Å². The molecule has 1 aliphatic rings. The van der Waals surface area contributed by atoms with Crippen LogP contribution in [-0.4, -0.2) is 41.3 Å². The van der Waals surface area contributed by atoms with Crippen molar-refractivity contribution in [2.24, 2.45) is 0 Å². The molecule has 0 aromatic carbocycles. The maximum absolute atomic E-state index is 12.6. The van der Waals surface area contributed by atoms with E-state index in [0.717, 1.165) is 25.5 Å². The van der Waals surface area contributed by atoms with Gasteiger partial charge in [-0.15, -0.1) is 0 Å². The van der Waals surface area contributed by atoms with E-state index in [2.05, 4.69) is 5.10 Å². The van der Waals surface area contributed by atoms with Gasteiger partial charge in [0, 0.05) is 12.2 Å². The molecule has 9 heteroatoms. The van der Waals surface area contributed by atoms with Gasteiger partial charge in [-0.2, -0.15) is 22.6 Å². The van der Waals surface area contributed by atoms with E-state index >= 15 is 0 Å². The van der Waals surface area contributed by atoms with Crippen molar-refractivity contribution in [2.75, 3.05) is 6.54 Å². The highest BCUT2D eigenvalue weighted by Gasteiger charge is 2.39. The van der Waals surface area contributed by atoms with Crippen LogP contribution in [0.5, 0.6) is 0 Å². The summed E-state index contributed by atoms with van der Waals surface area (Å²) in [6, 6.07) is -0.632. The fraction of sp³-hybridized carbons (Fsp3) is 0.750. The van der Waals surface area contributed by atoms with E-state index in [0.29, 0.717) is 4.31 Å². The number of rotatable bonds is 5. The molecule has 5 nitrogen and oxygen atoms in total. The molecule has 1 heterocycles. The van der Waals surface area contributed by atoms with Crippen molar-refractivity contribution in [1.82, 2.24) is 14.1 Å². The lowest BCUT2D eigenvalue weighted by Gasteiger charge is -2.27. The Bertz CT molecular complexity index is 591. The van der Waals surface area contributed by atoms with Crippen molar-refractivity contribution in [3.05, 3.63) is 12.4 Å². The van der Waals surface area contributed by atoms with Gasteiger partial charge in [-0.3, -0.25) is 4.68 Å². The number of halogens is 3. The molecule has 1 aliphatic carbocycles. The molecule has 1 aromatic rings. The molecule has 0 unspecified atom stereocenters. The Labute approximate surface area is 121 Å². The highest BCUT2D eigenvalue weighted by atomic mass is 32.2. The zero-order valence-electron chi connectivity index (χ0n) is 11.8. The van der Waals surface area contributed by atoms with Gasteiger partial charge in [0.1, 0.15) is 11.4 Å². The predicted molar refractivity (Wildman–Crippen MR) is 70.2 cm³/mol. The molecule has 1 aromatic heterocycles. The van der Waals surface area contributed by atoms with Crippen LogP contribution in [0, 0.1) is 0 Å². The summed E-state index contributed by atoms with van der Waals surface area (Å²) in [5.74, 6) is 0. The monoisotopic (exact) mass is 325 g/mol. The first-order valence-electron chi connectivity index (χ1n) is 6.74.